The Hall–Kier alpha value is -4.09. The summed E-state index contributed by atoms with van der Waals surface area (Å²) in [6.07, 6.45) is 2.54. The topological polar surface area (TPSA) is 106 Å². The molecule has 3 aromatic carbocycles. The van der Waals surface area contributed by atoms with Gasteiger partial charge in [0.05, 0.1) is 16.7 Å². The quantitative estimate of drug-likeness (QED) is 0.167. The van der Waals surface area contributed by atoms with Crippen LogP contribution in [0.4, 0.5) is 0 Å². The fourth-order valence-corrected chi connectivity index (χ4v) is 5.78. The number of carbonyl (C=O) groups is 1. The van der Waals surface area contributed by atoms with Crippen molar-refractivity contribution in [1.82, 2.24) is 5.01 Å². The molecule has 222 valence electrons. The number of fused-ring (bicyclic) bond motifs is 1. The molecule has 5 rings (SSSR count). The van der Waals surface area contributed by atoms with Gasteiger partial charge in [-0.15, -0.1) is 0 Å². The highest BCUT2D eigenvalue weighted by Crippen LogP contribution is 2.38. The van der Waals surface area contributed by atoms with E-state index in [1.807, 2.05) is 49.4 Å². The molecular weight excluding hydrogens is 632 g/mol. The Morgan fingerprint density at radius 3 is 2.53 bits per heavy atom. The van der Waals surface area contributed by atoms with Gasteiger partial charge >= 0.3 is 0 Å². The Kier molecular flexibility index (Phi) is 9.83. The lowest BCUT2D eigenvalue weighted by Gasteiger charge is -2.20. The number of aryl methyl sites for hydroxylation is 2. The summed E-state index contributed by atoms with van der Waals surface area (Å²) in [6, 6.07) is 19.1. The maximum absolute atomic E-state index is 13.0. The number of amides is 1. The number of halogens is 1. The number of benzene rings is 3. The number of para-hydroxylation sites is 1. The van der Waals surface area contributed by atoms with Crippen LogP contribution < -0.4 is 18.9 Å². The molecule has 9 nitrogen and oxygen atoms in total. The van der Waals surface area contributed by atoms with Gasteiger partial charge in [0, 0.05) is 0 Å². The largest absolute Gasteiger partial charge is 0.490 e. The molecule has 43 heavy (non-hydrogen) atoms. The molecule has 1 amide bonds. The highest BCUT2D eigenvalue weighted by Gasteiger charge is 2.36. The fraction of sp³-hybridized carbons (Fsp3) is 0.250. The Labute approximate surface area is 263 Å². The van der Waals surface area contributed by atoms with Gasteiger partial charge in [-0.25, -0.2) is 0 Å². The van der Waals surface area contributed by atoms with Gasteiger partial charge in [-0.3, -0.25) is 10.2 Å². The molecule has 0 saturated heterocycles. The van der Waals surface area contributed by atoms with Crippen molar-refractivity contribution in [2.75, 3.05) is 26.4 Å². The molecule has 0 atom stereocenters. The van der Waals surface area contributed by atoms with Crippen LogP contribution in [0, 0.1) is 12.3 Å². The van der Waals surface area contributed by atoms with Crippen LogP contribution in [0.15, 0.2) is 80.8 Å². The van der Waals surface area contributed by atoms with Crippen LogP contribution in [-0.2, 0) is 11.2 Å². The van der Waals surface area contributed by atoms with E-state index in [-0.39, 0.29) is 18.0 Å². The molecule has 1 N–H and O–H groups in total. The zero-order valence-electron chi connectivity index (χ0n) is 24.1. The average Bonchev–Trinajstić information content (AvgIpc) is 3.40. The first-order valence-electron chi connectivity index (χ1n) is 13.8. The minimum absolute atomic E-state index is 0.0638. The van der Waals surface area contributed by atoms with Crippen LogP contribution in [0.1, 0.15) is 30.5 Å². The Morgan fingerprint density at radius 2 is 1.77 bits per heavy atom. The molecular formula is C32H31BrN4O5S. The van der Waals surface area contributed by atoms with Crippen LogP contribution in [0.2, 0.25) is 0 Å². The average molecular weight is 664 g/mol. The zero-order valence-corrected chi connectivity index (χ0v) is 26.5. The highest BCUT2D eigenvalue weighted by molar-refractivity contribution is 9.10. The first-order chi connectivity index (χ1) is 20.8. The lowest BCUT2D eigenvalue weighted by molar-refractivity contribution is -0.114. The number of carbonyl (C=O) groups excluding carboxylic acids is 1. The third kappa shape index (κ3) is 7.47. The summed E-state index contributed by atoms with van der Waals surface area (Å²) in [5.74, 6) is 1.97. The van der Waals surface area contributed by atoms with Crippen LogP contribution in [0.3, 0.4) is 0 Å². The summed E-state index contributed by atoms with van der Waals surface area (Å²) < 4.78 is 24.3. The summed E-state index contributed by atoms with van der Waals surface area (Å²) in [4.78, 5) is 17.1. The molecule has 0 fully saturated rings. The molecule has 0 aromatic heterocycles. The standard InChI is InChI=1S/C32H31BrN4O5S/c1-4-21-13-20(3)14-24(15-21)40-11-12-41-29-26(33)17-22(18-27(29)39-5-2)16-25-30(34)37-32(35-31(25)38)43-28(36-37)19-42-23-9-7-6-8-10-23/h6-10,13-18,34H,4-5,11-12,19H2,1-3H3/b25-16-,34-30?. The lowest BCUT2D eigenvalue weighted by atomic mass is 10.1. The van der Waals surface area contributed by atoms with Gasteiger partial charge in [-0.2, -0.15) is 15.1 Å². The minimum atomic E-state index is -0.516. The summed E-state index contributed by atoms with van der Waals surface area (Å²) in [6.45, 7) is 7.32. The maximum Gasteiger partial charge on any atom is 0.283 e. The summed E-state index contributed by atoms with van der Waals surface area (Å²) in [5, 5.41) is 15.5. The van der Waals surface area contributed by atoms with Gasteiger partial charge in [0.1, 0.15) is 36.4 Å². The van der Waals surface area contributed by atoms with Crippen molar-refractivity contribution in [3.05, 3.63) is 87.4 Å². The zero-order chi connectivity index (χ0) is 30.3. The van der Waals surface area contributed by atoms with E-state index in [4.69, 9.17) is 24.4 Å². The van der Waals surface area contributed by atoms with Crippen molar-refractivity contribution in [2.45, 2.75) is 27.2 Å². The van der Waals surface area contributed by atoms with Crippen molar-refractivity contribution in [3.63, 3.8) is 0 Å². The monoisotopic (exact) mass is 662 g/mol. The highest BCUT2D eigenvalue weighted by atomic mass is 79.9. The second-order valence-electron chi connectivity index (χ2n) is 9.58. The molecule has 2 heterocycles. The fourth-order valence-electron chi connectivity index (χ4n) is 4.41. The smallest absolute Gasteiger partial charge is 0.283 e. The Balaban J connectivity index is 1.28. The number of nitrogens with zero attached hydrogens (tertiary/aromatic N) is 3. The van der Waals surface area contributed by atoms with Crippen molar-refractivity contribution in [3.8, 4) is 23.0 Å². The second kappa shape index (κ2) is 13.9. The first kappa shape index (κ1) is 30.4. The SMILES string of the molecule is CCOc1cc(/C=C2/C(=N)N3N=C(COc4ccccc4)SC3=NC2=O)cc(Br)c1OCCOc1cc(C)cc(CC)c1. The van der Waals surface area contributed by atoms with E-state index in [2.05, 4.69) is 45.9 Å². The Morgan fingerprint density at radius 1 is 0.977 bits per heavy atom. The number of hydrogen-bond donors (Lipinski definition) is 1. The number of nitrogens with one attached hydrogen (secondary N) is 1. The van der Waals surface area contributed by atoms with Crippen molar-refractivity contribution >= 4 is 55.7 Å². The molecule has 2 aliphatic heterocycles. The number of aliphatic imine (C=N–C) groups is 1. The molecule has 0 radical (unpaired) electrons. The third-order valence-electron chi connectivity index (χ3n) is 6.36. The van der Waals surface area contributed by atoms with Crippen molar-refractivity contribution in [2.24, 2.45) is 10.1 Å². The van der Waals surface area contributed by atoms with Gasteiger partial charge < -0.3 is 18.9 Å². The van der Waals surface area contributed by atoms with Crippen LogP contribution >= 0.6 is 27.7 Å². The van der Waals surface area contributed by atoms with E-state index in [1.165, 1.54) is 22.3 Å². The lowest BCUT2D eigenvalue weighted by Crippen LogP contribution is -2.35. The van der Waals surface area contributed by atoms with Crippen LogP contribution in [0.5, 0.6) is 23.0 Å². The van der Waals surface area contributed by atoms with Gasteiger partial charge in [0.2, 0.25) is 5.17 Å². The molecule has 0 spiro atoms. The van der Waals surface area contributed by atoms with Gasteiger partial charge in [0.25, 0.3) is 5.91 Å². The van der Waals surface area contributed by atoms with E-state index in [1.54, 1.807) is 18.2 Å². The molecule has 0 saturated carbocycles. The maximum atomic E-state index is 13.0. The predicted octanol–water partition coefficient (Wildman–Crippen LogP) is 6.87. The molecule has 2 aliphatic rings. The van der Waals surface area contributed by atoms with Gasteiger partial charge in [-0.1, -0.05) is 31.2 Å². The summed E-state index contributed by atoms with van der Waals surface area (Å²) in [5.41, 5.74) is 3.13. The number of ether oxygens (including phenoxy) is 4. The first-order valence-corrected chi connectivity index (χ1v) is 15.4. The van der Waals surface area contributed by atoms with E-state index in [0.717, 1.165) is 17.7 Å². The van der Waals surface area contributed by atoms with E-state index >= 15 is 0 Å². The molecule has 11 heteroatoms. The third-order valence-corrected chi connectivity index (χ3v) is 7.83. The summed E-state index contributed by atoms with van der Waals surface area (Å²) >= 11 is 4.80. The number of thioether (sulfide) groups is 1. The summed E-state index contributed by atoms with van der Waals surface area (Å²) in [7, 11) is 0. The molecule has 0 unspecified atom stereocenters. The second-order valence-corrected chi connectivity index (χ2v) is 11.5. The van der Waals surface area contributed by atoms with Crippen molar-refractivity contribution in [1.29, 1.82) is 5.41 Å². The number of amidine groups is 2. The van der Waals surface area contributed by atoms with E-state index in [9.17, 15) is 4.79 Å². The molecule has 0 bridgehead atoms. The number of rotatable bonds is 12. The predicted molar refractivity (Wildman–Crippen MR) is 174 cm³/mol. The van der Waals surface area contributed by atoms with Crippen LogP contribution in [-0.4, -0.2) is 53.4 Å². The van der Waals surface area contributed by atoms with Crippen LogP contribution in [0.25, 0.3) is 6.08 Å². The number of hydrogen-bond acceptors (Lipinski definition) is 8. The Bertz CT molecular complexity index is 1620. The minimum Gasteiger partial charge on any atom is -0.490 e. The van der Waals surface area contributed by atoms with Gasteiger partial charge in [-0.05, 0) is 107 Å². The van der Waals surface area contributed by atoms with Crippen molar-refractivity contribution < 1.29 is 23.7 Å². The molecule has 3 aromatic rings. The van der Waals surface area contributed by atoms with E-state index < -0.39 is 5.91 Å². The number of hydrazone groups is 1. The van der Waals surface area contributed by atoms with Gasteiger partial charge in [0.15, 0.2) is 17.3 Å². The molecule has 0 aliphatic carbocycles. The van der Waals surface area contributed by atoms with E-state index in [0.29, 0.717) is 57.3 Å². The normalized spacial score (nSPS) is 15.3.